The average Bonchev–Trinajstić information content (AvgIpc) is 2.81. The molecule has 20 heavy (non-hydrogen) atoms. The van der Waals surface area contributed by atoms with Gasteiger partial charge in [0.1, 0.15) is 11.9 Å². The molecule has 1 fully saturated rings. The summed E-state index contributed by atoms with van der Waals surface area (Å²) in [5, 5.41) is 3.30. The Morgan fingerprint density at radius 1 is 1.30 bits per heavy atom. The Morgan fingerprint density at radius 2 is 1.95 bits per heavy atom. The highest BCUT2D eigenvalue weighted by molar-refractivity contribution is 5.81. The van der Waals surface area contributed by atoms with Gasteiger partial charge in [0.15, 0.2) is 0 Å². The monoisotopic (exact) mass is 276 g/mol. The Balaban J connectivity index is 2.19. The van der Waals surface area contributed by atoms with E-state index >= 15 is 0 Å². The summed E-state index contributed by atoms with van der Waals surface area (Å²) in [5.74, 6) is 1.47. The van der Waals surface area contributed by atoms with E-state index in [4.69, 9.17) is 4.74 Å². The Labute approximate surface area is 121 Å². The molecule has 4 heteroatoms. The van der Waals surface area contributed by atoms with E-state index < -0.39 is 0 Å². The number of nitrogens with zero attached hydrogens (tertiary/aromatic N) is 1. The van der Waals surface area contributed by atoms with Crippen molar-refractivity contribution in [1.82, 2.24) is 10.2 Å². The SMILES string of the molecule is CCOc1ccc(C2NCC(=O)N2C(C)C(C)C)cc1. The molecular formula is C16H24N2O2. The van der Waals surface area contributed by atoms with Crippen molar-refractivity contribution in [1.29, 1.82) is 0 Å². The zero-order chi connectivity index (χ0) is 14.7. The fourth-order valence-corrected chi connectivity index (χ4v) is 2.49. The van der Waals surface area contributed by atoms with Gasteiger partial charge in [-0.1, -0.05) is 26.0 Å². The number of carbonyl (C=O) groups is 1. The van der Waals surface area contributed by atoms with Gasteiger partial charge in [-0.25, -0.2) is 0 Å². The smallest absolute Gasteiger partial charge is 0.238 e. The first-order valence-corrected chi connectivity index (χ1v) is 7.32. The second-order valence-electron chi connectivity index (χ2n) is 5.57. The van der Waals surface area contributed by atoms with Crippen LogP contribution in [0.1, 0.15) is 39.4 Å². The third-order valence-electron chi connectivity index (χ3n) is 3.92. The summed E-state index contributed by atoms with van der Waals surface area (Å²) >= 11 is 0. The van der Waals surface area contributed by atoms with Crippen LogP contribution in [0.2, 0.25) is 0 Å². The van der Waals surface area contributed by atoms with Crippen molar-refractivity contribution in [3.8, 4) is 5.75 Å². The molecule has 1 aromatic carbocycles. The second kappa shape index (κ2) is 6.27. The highest BCUT2D eigenvalue weighted by atomic mass is 16.5. The van der Waals surface area contributed by atoms with Gasteiger partial charge >= 0.3 is 0 Å². The minimum atomic E-state index is -0.0319. The maximum atomic E-state index is 12.1. The van der Waals surface area contributed by atoms with Crippen LogP contribution in [0.3, 0.4) is 0 Å². The second-order valence-corrected chi connectivity index (χ2v) is 5.57. The molecule has 0 bridgehead atoms. The quantitative estimate of drug-likeness (QED) is 0.898. The van der Waals surface area contributed by atoms with Crippen molar-refractivity contribution in [2.75, 3.05) is 13.2 Å². The molecule has 2 atom stereocenters. The summed E-state index contributed by atoms with van der Waals surface area (Å²) in [7, 11) is 0. The van der Waals surface area contributed by atoms with E-state index in [-0.39, 0.29) is 18.1 Å². The van der Waals surface area contributed by atoms with Crippen LogP contribution < -0.4 is 10.1 Å². The fourth-order valence-electron chi connectivity index (χ4n) is 2.49. The molecule has 1 aromatic rings. The van der Waals surface area contributed by atoms with Crippen molar-refractivity contribution >= 4 is 5.91 Å². The molecule has 4 nitrogen and oxygen atoms in total. The largest absolute Gasteiger partial charge is 0.494 e. The third-order valence-corrected chi connectivity index (χ3v) is 3.92. The number of carbonyl (C=O) groups excluding carboxylic acids is 1. The summed E-state index contributed by atoms with van der Waals surface area (Å²) in [6, 6.07) is 8.19. The predicted octanol–water partition coefficient (Wildman–Crippen LogP) is 2.56. The van der Waals surface area contributed by atoms with Crippen LogP contribution in [0, 0.1) is 5.92 Å². The van der Waals surface area contributed by atoms with Crippen LogP contribution in [0.25, 0.3) is 0 Å². The van der Waals surface area contributed by atoms with Crippen molar-refractivity contribution in [3.05, 3.63) is 29.8 Å². The lowest BCUT2D eigenvalue weighted by Crippen LogP contribution is -2.40. The first-order chi connectivity index (χ1) is 9.54. The van der Waals surface area contributed by atoms with Gasteiger partial charge in [0, 0.05) is 6.04 Å². The average molecular weight is 276 g/mol. The lowest BCUT2D eigenvalue weighted by molar-refractivity contribution is -0.130. The highest BCUT2D eigenvalue weighted by Gasteiger charge is 2.35. The van der Waals surface area contributed by atoms with Gasteiger partial charge in [-0.15, -0.1) is 0 Å². The molecule has 0 saturated carbocycles. The van der Waals surface area contributed by atoms with Gasteiger partial charge in [-0.05, 0) is 37.5 Å². The number of benzene rings is 1. The fraction of sp³-hybridized carbons (Fsp3) is 0.562. The van der Waals surface area contributed by atoms with Gasteiger partial charge in [0.25, 0.3) is 0 Å². The van der Waals surface area contributed by atoms with Crippen molar-refractivity contribution in [2.45, 2.75) is 39.9 Å². The Hall–Kier alpha value is -1.55. The molecule has 0 aliphatic carbocycles. The zero-order valence-corrected chi connectivity index (χ0v) is 12.7. The molecule has 1 amide bonds. The predicted molar refractivity (Wildman–Crippen MR) is 79.5 cm³/mol. The van der Waals surface area contributed by atoms with Crippen LogP contribution >= 0.6 is 0 Å². The van der Waals surface area contributed by atoms with Gasteiger partial charge in [0.2, 0.25) is 5.91 Å². The summed E-state index contributed by atoms with van der Waals surface area (Å²) in [5.41, 5.74) is 1.10. The van der Waals surface area contributed by atoms with E-state index in [1.165, 1.54) is 0 Å². The molecule has 1 saturated heterocycles. The molecule has 1 aliphatic rings. The van der Waals surface area contributed by atoms with Crippen LogP contribution in [-0.4, -0.2) is 30.0 Å². The van der Waals surface area contributed by atoms with Crippen molar-refractivity contribution in [3.63, 3.8) is 0 Å². The first kappa shape index (κ1) is 14.9. The van der Waals surface area contributed by atoms with E-state index in [1.807, 2.05) is 36.1 Å². The summed E-state index contributed by atoms with van der Waals surface area (Å²) in [6.07, 6.45) is -0.0319. The van der Waals surface area contributed by atoms with E-state index in [9.17, 15) is 4.79 Å². The maximum absolute atomic E-state index is 12.1. The normalized spacial score (nSPS) is 20.6. The third kappa shape index (κ3) is 2.96. The number of amides is 1. The van der Waals surface area contributed by atoms with Crippen LogP contribution in [0.15, 0.2) is 24.3 Å². The van der Waals surface area contributed by atoms with Gasteiger partial charge < -0.3 is 9.64 Å². The summed E-state index contributed by atoms with van der Waals surface area (Å²) < 4.78 is 5.46. The van der Waals surface area contributed by atoms with E-state index in [0.717, 1.165) is 11.3 Å². The summed E-state index contributed by atoms with van der Waals surface area (Å²) in [6.45, 7) is 9.44. The molecule has 0 radical (unpaired) electrons. The molecule has 1 heterocycles. The first-order valence-electron chi connectivity index (χ1n) is 7.32. The van der Waals surface area contributed by atoms with E-state index in [2.05, 4.69) is 26.1 Å². The Morgan fingerprint density at radius 3 is 2.50 bits per heavy atom. The molecule has 2 rings (SSSR count). The number of rotatable bonds is 5. The van der Waals surface area contributed by atoms with Crippen molar-refractivity contribution in [2.24, 2.45) is 5.92 Å². The van der Waals surface area contributed by atoms with E-state index in [1.54, 1.807) is 0 Å². The van der Waals surface area contributed by atoms with Gasteiger partial charge in [-0.3, -0.25) is 10.1 Å². The minimum absolute atomic E-state index is 0.0319. The summed E-state index contributed by atoms with van der Waals surface area (Å²) in [4.78, 5) is 14.1. The topological polar surface area (TPSA) is 41.6 Å². The standard InChI is InChI=1S/C16H24N2O2/c1-5-20-14-8-6-13(7-9-14)16-17-10-15(19)18(16)12(4)11(2)3/h6-9,11-12,16-17H,5,10H2,1-4H3. The molecule has 2 unspecified atom stereocenters. The van der Waals surface area contributed by atoms with Crippen LogP contribution in [0.4, 0.5) is 0 Å². The Bertz CT molecular complexity index is 456. The molecule has 110 valence electrons. The molecular weight excluding hydrogens is 252 g/mol. The number of hydrogen-bond donors (Lipinski definition) is 1. The maximum Gasteiger partial charge on any atom is 0.238 e. The minimum Gasteiger partial charge on any atom is -0.494 e. The lowest BCUT2D eigenvalue weighted by Gasteiger charge is -2.33. The van der Waals surface area contributed by atoms with Crippen LogP contribution in [-0.2, 0) is 4.79 Å². The van der Waals surface area contributed by atoms with Crippen molar-refractivity contribution < 1.29 is 9.53 Å². The van der Waals surface area contributed by atoms with Crippen LogP contribution in [0.5, 0.6) is 5.75 Å². The molecule has 0 spiro atoms. The molecule has 1 N–H and O–H groups in total. The highest BCUT2D eigenvalue weighted by Crippen LogP contribution is 2.28. The lowest BCUT2D eigenvalue weighted by atomic mass is 10.0. The number of hydrogen-bond acceptors (Lipinski definition) is 3. The van der Waals surface area contributed by atoms with Gasteiger partial charge in [0.05, 0.1) is 13.2 Å². The van der Waals surface area contributed by atoms with Gasteiger partial charge in [-0.2, -0.15) is 0 Å². The van der Waals surface area contributed by atoms with E-state index in [0.29, 0.717) is 19.1 Å². The number of nitrogens with one attached hydrogen (secondary N) is 1. The molecule has 0 aromatic heterocycles. The molecule has 1 aliphatic heterocycles. The number of ether oxygens (including phenoxy) is 1. The Kier molecular flexibility index (Phi) is 4.65. The zero-order valence-electron chi connectivity index (χ0n) is 12.7.